The molecule has 4 aromatic heterocycles. The SMILES string of the molecule is COC(C)c1scc(-c2cnc(C(Cc3ccccc3)c3ccc(-c4cc(Cl)ccc4-[n+]4cnn[nH]4)cn3)[nH]2)c1F. The number of rotatable bonds is 9. The van der Waals surface area contributed by atoms with Crippen LogP contribution in [0.2, 0.25) is 5.02 Å². The molecule has 2 aromatic carbocycles. The molecule has 206 valence electrons. The Morgan fingerprint density at radius 3 is 2.63 bits per heavy atom. The Balaban J connectivity index is 1.36. The second-order valence-corrected chi connectivity index (χ2v) is 10.9. The second-order valence-electron chi connectivity index (χ2n) is 9.56. The van der Waals surface area contributed by atoms with Gasteiger partial charge in [0.15, 0.2) is 5.21 Å². The smallest absolute Gasteiger partial charge is 0.293 e. The van der Waals surface area contributed by atoms with E-state index in [1.54, 1.807) is 29.7 Å². The topological polar surface area (TPSA) is 96.2 Å². The summed E-state index contributed by atoms with van der Waals surface area (Å²) in [5, 5.41) is 12.9. The van der Waals surface area contributed by atoms with Crippen LogP contribution in [-0.2, 0) is 11.2 Å². The first-order chi connectivity index (χ1) is 20.0. The van der Waals surface area contributed by atoms with Gasteiger partial charge in [-0.1, -0.05) is 53.2 Å². The molecular weight excluding hydrogens is 561 g/mol. The van der Waals surface area contributed by atoms with E-state index in [0.717, 1.165) is 28.1 Å². The van der Waals surface area contributed by atoms with Crippen LogP contribution in [0.25, 0.3) is 28.1 Å². The van der Waals surface area contributed by atoms with Gasteiger partial charge in [0.2, 0.25) is 0 Å². The maximum atomic E-state index is 15.3. The molecule has 0 bridgehead atoms. The number of halogens is 2. The largest absolute Gasteiger partial charge is 0.376 e. The Hall–Kier alpha value is -4.25. The summed E-state index contributed by atoms with van der Waals surface area (Å²) in [6.45, 7) is 1.83. The summed E-state index contributed by atoms with van der Waals surface area (Å²) < 4.78 is 22.3. The number of hydrogen-bond donors (Lipinski definition) is 2. The fourth-order valence-corrected chi connectivity index (χ4v) is 5.93. The zero-order chi connectivity index (χ0) is 28.3. The van der Waals surface area contributed by atoms with E-state index in [0.29, 0.717) is 33.4 Å². The molecule has 0 aliphatic heterocycles. The van der Waals surface area contributed by atoms with Crippen molar-refractivity contribution in [2.24, 2.45) is 0 Å². The van der Waals surface area contributed by atoms with E-state index in [1.165, 1.54) is 11.3 Å². The summed E-state index contributed by atoms with van der Waals surface area (Å²) in [7, 11) is 1.57. The maximum absolute atomic E-state index is 15.3. The second kappa shape index (κ2) is 11.7. The third kappa shape index (κ3) is 5.54. The molecule has 0 saturated carbocycles. The Morgan fingerprint density at radius 1 is 1.05 bits per heavy atom. The Bertz CT molecular complexity index is 1750. The summed E-state index contributed by atoms with van der Waals surface area (Å²) in [6, 6.07) is 19.8. The minimum Gasteiger partial charge on any atom is -0.376 e. The molecule has 0 saturated heterocycles. The van der Waals surface area contributed by atoms with Crippen LogP contribution >= 0.6 is 22.9 Å². The normalized spacial score (nSPS) is 12.9. The standard InChI is InChI=1S/C30H25ClFN7OS/c1-18(40-2)29-28(32)24(16-41-29)26-15-34-30(36-26)23(12-19-6-4-3-5-7-19)25-10-8-20(14-33-25)22-13-21(31)9-11-27(22)39-17-35-37-38-39/h3-11,13-18,23H,12H2,1-2H3,(H,34,36)/p+1. The van der Waals surface area contributed by atoms with E-state index in [9.17, 15) is 0 Å². The average Bonchev–Trinajstić information content (AvgIpc) is 3.78. The van der Waals surface area contributed by atoms with Gasteiger partial charge in [0.05, 0.1) is 34.5 Å². The van der Waals surface area contributed by atoms with Crippen LogP contribution in [0.1, 0.15) is 40.9 Å². The van der Waals surface area contributed by atoms with E-state index in [1.807, 2.05) is 61.7 Å². The van der Waals surface area contributed by atoms with Gasteiger partial charge in [0.25, 0.3) is 6.33 Å². The first-order valence-corrected chi connectivity index (χ1v) is 14.2. The van der Waals surface area contributed by atoms with E-state index < -0.39 is 0 Å². The number of aromatic amines is 2. The van der Waals surface area contributed by atoms with Crippen LogP contribution in [0.4, 0.5) is 4.39 Å². The molecule has 4 heterocycles. The van der Waals surface area contributed by atoms with E-state index in [-0.39, 0.29) is 17.8 Å². The molecule has 0 amide bonds. The highest BCUT2D eigenvalue weighted by atomic mass is 35.5. The minimum absolute atomic E-state index is 0.190. The molecule has 6 rings (SSSR count). The lowest BCUT2D eigenvalue weighted by Crippen LogP contribution is -2.32. The van der Waals surface area contributed by atoms with Gasteiger partial charge in [-0.3, -0.25) is 4.98 Å². The molecule has 0 aliphatic carbocycles. The van der Waals surface area contributed by atoms with Crippen LogP contribution < -0.4 is 4.68 Å². The van der Waals surface area contributed by atoms with Gasteiger partial charge in [-0.05, 0) is 43.2 Å². The predicted octanol–water partition coefficient (Wildman–Crippen LogP) is 6.47. The number of hydrogen-bond acceptors (Lipinski definition) is 6. The number of thiophene rings is 1. The molecule has 2 atom stereocenters. The van der Waals surface area contributed by atoms with Crippen molar-refractivity contribution >= 4 is 22.9 Å². The number of pyridine rings is 1. The van der Waals surface area contributed by atoms with E-state index >= 15 is 4.39 Å². The Kier molecular flexibility index (Phi) is 7.69. The van der Waals surface area contributed by atoms with Gasteiger partial charge in [-0.2, -0.15) is 0 Å². The molecule has 0 fully saturated rings. The van der Waals surface area contributed by atoms with Crippen LogP contribution in [0.15, 0.2) is 84.8 Å². The van der Waals surface area contributed by atoms with Crippen molar-refractivity contribution in [1.29, 1.82) is 0 Å². The van der Waals surface area contributed by atoms with Gasteiger partial charge >= 0.3 is 0 Å². The number of tetrazole rings is 1. The minimum atomic E-state index is -0.326. The van der Waals surface area contributed by atoms with Crippen LogP contribution in [0.3, 0.4) is 0 Å². The lowest BCUT2D eigenvalue weighted by atomic mass is 9.94. The molecule has 8 nitrogen and oxygen atoms in total. The van der Waals surface area contributed by atoms with Gasteiger partial charge < -0.3 is 9.72 Å². The van der Waals surface area contributed by atoms with Crippen molar-refractivity contribution in [3.05, 3.63) is 118 Å². The molecule has 41 heavy (non-hydrogen) atoms. The fraction of sp³-hybridized carbons (Fsp3) is 0.167. The van der Waals surface area contributed by atoms with Gasteiger partial charge in [-0.15, -0.1) is 16.0 Å². The third-order valence-corrected chi connectivity index (χ3v) is 8.38. The van der Waals surface area contributed by atoms with E-state index in [2.05, 4.69) is 32.6 Å². The average molecular weight is 587 g/mol. The molecule has 0 aliphatic rings. The van der Waals surface area contributed by atoms with E-state index in [4.69, 9.17) is 26.3 Å². The number of H-pyrrole nitrogens is 2. The summed E-state index contributed by atoms with van der Waals surface area (Å²) in [6.07, 6.45) is 5.44. The monoisotopic (exact) mass is 586 g/mol. The molecule has 6 aromatic rings. The number of imidazole rings is 1. The molecule has 0 spiro atoms. The lowest BCUT2D eigenvalue weighted by Gasteiger charge is -2.16. The highest BCUT2D eigenvalue weighted by Gasteiger charge is 2.24. The number of nitrogens with zero attached hydrogens (tertiary/aromatic N) is 5. The number of nitrogens with one attached hydrogen (secondary N) is 2. The number of ether oxygens (including phenoxy) is 1. The molecular formula is C30H26ClFN7OS+. The van der Waals surface area contributed by atoms with Crippen molar-refractivity contribution in [2.45, 2.75) is 25.4 Å². The van der Waals surface area contributed by atoms with Crippen molar-refractivity contribution < 1.29 is 13.8 Å². The zero-order valence-electron chi connectivity index (χ0n) is 22.3. The van der Waals surface area contributed by atoms with Crippen molar-refractivity contribution in [3.8, 4) is 28.1 Å². The maximum Gasteiger partial charge on any atom is 0.293 e. The first kappa shape index (κ1) is 26.9. The summed E-state index contributed by atoms with van der Waals surface area (Å²) in [4.78, 5) is 13.5. The number of methoxy groups -OCH3 is 1. The number of benzene rings is 2. The predicted molar refractivity (Wildman–Crippen MR) is 155 cm³/mol. The molecule has 2 N–H and O–H groups in total. The molecule has 0 radical (unpaired) electrons. The summed E-state index contributed by atoms with van der Waals surface area (Å²) in [5.41, 5.74) is 5.66. The summed E-state index contributed by atoms with van der Waals surface area (Å²) in [5.74, 6) is 0.229. The quantitative estimate of drug-likeness (QED) is 0.189. The van der Waals surface area contributed by atoms with Crippen molar-refractivity contribution in [1.82, 2.24) is 30.5 Å². The van der Waals surface area contributed by atoms with Crippen LogP contribution in [0.5, 0.6) is 0 Å². The number of aromatic nitrogens is 7. The van der Waals surface area contributed by atoms with Crippen LogP contribution in [-0.4, -0.2) is 37.6 Å². The highest BCUT2D eigenvalue weighted by molar-refractivity contribution is 7.10. The summed E-state index contributed by atoms with van der Waals surface area (Å²) >= 11 is 7.69. The molecule has 2 unspecified atom stereocenters. The van der Waals surface area contributed by atoms with Gasteiger partial charge in [-0.25, -0.2) is 9.37 Å². The zero-order valence-corrected chi connectivity index (χ0v) is 23.8. The van der Waals surface area contributed by atoms with Crippen LogP contribution in [0, 0.1) is 5.82 Å². The Labute approximate surface area is 244 Å². The van der Waals surface area contributed by atoms with Crippen molar-refractivity contribution in [2.75, 3.05) is 7.11 Å². The van der Waals surface area contributed by atoms with Gasteiger partial charge in [0.1, 0.15) is 22.4 Å². The molecule has 11 heteroatoms. The third-order valence-electron chi connectivity index (χ3n) is 7.03. The van der Waals surface area contributed by atoms with Crippen molar-refractivity contribution in [3.63, 3.8) is 0 Å². The lowest BCUT2D eigenvalue weighted by molar-refractivity contribution is -0.659. The highest BCUT2D eigenvalue weighted by Crippen LogP contribution is 2.36. The van der Waals surface area contributed by atoms with Gasteiger partial charge in [0, 0.05) is 40.4 Å². The fourth-order valence-electron chi connectivity index (χ4n) is 4.78. The first-order valence-electron chi connectivity index (χ1n) is 12.9. The Morgan fingerprint density at radius 2 is 1.90 bits per heavy atom.